The fourth-order valence-corrected chi connectivity index (χ4v) is 4.74. The zero-order valence-corrected chi connectivity index (χ0v) is 24.2. The zero-order chi connectivity index (χ0) is 31.3. The Hall–Kier alpha value is -4.88. The highest BCUT2D eigenvalue weighted by molar-refractivity contribution is 6.30. The van der Waals surface area contributed by atoms with E-state index < -0.39 is 17.6 Å². The summed E-state index contributed by atoms with van der Waals surface area (Å²) in [7, 11) is 3.65. The van der Waals surface area contributed by atoms with E-state index in [0.29, 0.717) is 18.7 Å². The molecule has 44 heavy (non-hydrogen) atoms. The van der Waals surface area contributed by atoms with Crippen LogP contribution in [0.4, 0.5) is 18.9 Å². The van der Waals surface area contributed by atoms with Crippen molar-refractivity contribution in [2.24, 2.45) is 9.98 Å². The second-order valence-electron chi connectivity index (χ2n) is 10.3. The van der Waals surface area contributed by atoms with Crippen LogP contribution in [0.5, 0.6) is 5.75 Å². The zero-order valence-electron chi connectivity index (χ0n) is 24.2. The lowest BCUT2D eigenvalue weighted by Crippen LogP contribution is -2.44. The van der Waals surface area contributed by atoms with Crippen molar-refractivity contribution in [1.82, 2.24) is 20.1 Å². The number of hydrogen-bond donors (Lipinski definition) is 3. The number of aromatic nitrogens is 1. The molecule has 0 atom stereocenters. The van der Waals surface area contributed by atoms with Crippen LogP contribution >= 0.6 is 0 Å². The summed E-state index contributed by atoms with van der Waals surface area (Å²) < 4.78 is 48.1. The molecule has 0 unspecified atom stereocenters. The summed E-state index contributed by atoms with van der Waals surface area (Å²) in [5, 5.41) is 13.8. The standard InChI is InChI=1S/C31H31F3N8O2/c1-36-18-25-27(35)39-28(21-6-4-10-37-17-21)40-30(25)44-24-7-3-5-20(15-24)29(43)38-23-9-8-22(26(16-23)31(32,33)34)19-42-13-11-41(2)12-14-42/h3-10,15-18,35-36H,11-14,19H2,1-2H3,(H,38,43)/b25-18+,35-27?. The van der Waals surface area contributed by atoms with Crippen LogP contribution in [-0.4, -0.2) is 78.5 Å². The van der Waals surface area contributed by atoms with E-state index in [1.807, 2.05) is 11.9 Å². The Balaban J connectivity index is 1.34. The summed E-state index contributed by atoms with van der Waals surface area (Å²) in [6.07, 6.45) is 0.109. The lowest BCUT2D eigenvalue weighted by molar-refractivity contribution is -0.138. The van der Waals surface area contributed by atoms with Crippen molar-refractivity contribution in [2.75, 3.05) is 45.6 Å². The molecular formula is C31H31F3N8O2. The monoisotopic (exact) mass is 604 g/mol. The third-order valence-corrected chi connectivity index (χ3v) is 7.09. The van der Waals surface area contributed by atoms with E-state index in [0.717, 1.165) is 19.2 Å². The number of likely N-dealkylation sites (N-methyl/N-ethyl adjacent to an activating group) is 1. The minimum absolute atomic E-state index is 0.0254. The Morgan fingerprint density at radius 2 is 1.86 bits per heavy atom. The largest absolute Gasteiger partial charge is 0.438 e. The Bertz CT molecular complexity index is 1630. The van der Waals surface area contributed by atoms with E-state index in [2.05, 4.69) is 30.5 Å². The first kappa shape index (κ1) is 30.6. The Kier molecular flexibility index (Phi) is 9.16. The van der Waals surface area contributed by atoms with Gasteiger partial charge >= 0.3 is 6.18 Å². The third-order valence-electron chi connectivity index (χ3n) is 7.09. The SMILES string of the molecule is CN/C=C1\C(=N)N=C(c2cccnc2)N=C1Oc1cccc(C(=O)Nc2ccc(CN3CCN(C)CC3)c(C(F)(F)F)c2)c1. The molecule has 3 heterocycles. The van der Waals surface area contributed by atoms with E-state index in [9.17, 15) is 18.0 Å². The molecule has 0 bridgehead atoms. The molecule has 1 aromatic heterocycles. The maximum absolute atomic E-state index is 14.0. The number of nitrogens with zero attached hydrogens (tertiary/aromatic N) is 5. The first-order valence-corrected chi connectivity index (χ1v) is 13.9. The van der Waals surface area contributed by atoms with Crippen molar-refractivity contribution >= 4 is 29.2 Å². The van der Waals surface area contributed by atoms with E-state index in [-0.39, 0.29) is 52.3 Å². The van der Waals surface area contributed by atoms with Gasteiger partial charge in [-0.15, -0.1) is 0 Å². The second-order valence-corrected chi connectivity index (χ2v) is 10.3. The van der Waals surface area contributed by atoms with Gasteiger partial charge in [0, 0.05) is 75.2 Å². The number of alkyl halides is 3. The Labute approximate surface area is 252 Å². The normalized spacial score (nSPS) is 17.2. The molecule has 228 valence electrons. The lowest BCUT2D eigenvalue weighted by atomic mass is 10.0. The first-order chi connectivity index (χ1) is 21.1. The van der Waals surface area contributed by atoms with Gasteiger partial charge in [-0.25, -0.2) is 4.99 Å². The number of carbonyl (C=O) groups is 1. The number of anilines is 1. The molecule has 1 fully saturated rings. The highest BCUT2D eigenvalue weighted by atomic mass is 19.4. The highest BCUT2D eigenvalue weighted by Gasteiger charge is 2.34. The number of pyridine rings is 1. The Morgan fingerprint density at radius 1 is 1.07 bits per heavy atom. The van der Waals surface area contributed by atoms with Crippen LogP contribution in [0, 0.1) is 5.41 Å². The van der Waals surface area contributed by atoms with Crippen LogP contribution < -0.4 is 15.4 Å². The number of carbonyl (C=O) groups excluding carboxylic acids is 1. The molecule has 2 aromatic carbocycles. The van der Waals surface area contributed by atoms with Gasteiger partial charge in [-0.2, -0.15) is 18.2 Å². The van der Waals surface area contributed by atoms with Crippen molar-refractivity contribution in [3.63, 3.8) is 0 Å². The molecule has 1 amide bonds. The number of aliphatic imine (C=N–C) groups is 2. The van der Waals surface area contributed by atoms with Gasteiger partial charge in [0.1, 0.15) is 5.75 Å². The predicted octanol–water partition coefficient (Wildman–Crippen LogP) is 4.42. The summed E-state index contributed by atoms with van der Waals surface area (Å²) in [4.78, 5) is 30.0. The first-order valence-electron chi connectivity index (χ1n) is 13.9. The molecule has 3 aromatic rings. The smallest absolute Gasteiger partial charge is 0.416 e. The second kappa shape index (κ2) is 13.2. The number of ether oxygens (including phenoxy) is 1. The van der Waals surface area contributed by atoms with Crippen molar-refractivity contribution in [3.8, 4) is 5.75 Å². The van der Waals surface area contributed by atoms with E-state index in [4.69, 9.17) is 10.1 Å². The van der Waals surface area contributed by atoms with Crippen LogP contribution in [-0.2, 0) is 12.7 Å². The number of rotatable bonds is 7. The molecule has 0 aliphatic carbocycles. The van der Waals surface area contributed by atoms with Gasteiger partial charge in [0.15, 0.2) is 11.7 Å². The van der Waals surface area contributed by atoms with Crippen LogP contribution in [0.15, 0.2) is 88.7 Å². The molecular weight excluding hydrogens is 573 g/mol. The number of amides is 1. The maximum atomic E-state index is 14.0. The predicted molar refractivity (Wildman–Crippen MR) is 162 cm³/mol. The average Bonchev–Trinajstić information content (AvgIpc) is 3.00. The summed E-state index contributed by atoms with van der Waals surface area (Å²) in [6, 6.07) is 13.5. The van der Waals surface area contributed by atoms with Crippen LogP contribution in [0.1, 0.15) is 27.0 Å². The molecule has 1 saturated heterocycles. The van der Waals surface area contributed by atoms with Crippen molar-refractivity contribution < 1.29 is 22.7 Å². The van der Waals surface area contributed by atoms with Crippen LogP contribution in [0.3, 0.4) is 0 Å². The van der Waals surface area contributed by atoms with Gasteiger partial charge < -0.3 is 20.3 Å². The minimum Gasteiger partial charge on any atom is -0.438 e. The van der Waals surface area contributed by atoms with E-state index >= 15 is 0 Å². The summed E-state index contributed by atoms with van der Waals surface area (Å²) in [5.74, 6) is -0.165. The number of nitrogens with one attached hydrogen (secondary N) is 3. The third kappa shape index (κ3) is 7.36. The topological polar surface area (TPSA) is 118 Å². The van der Waals surface area contributed by atoms with Crippen molar-refractivity contribution in [3.05, 3.63) is 101 Å². The summed E-state index contributed by atoms with van der Waals surface area (Å²) >= 11 is 0. The highest BCUT2D eigenvalue weighted by Crippen LogP contribution is 2.35. The van der Waals surface area contributed by atoms with Crippen molar-refractivity contribution in [2.45, 2.75) is 12.7 Å². The quantitative estimate of drug-likeness (QED) is 0.368. The number of benzene rings is 2. The van der Waals surface area contributed by atoms with Gasteiger partial charge in [0.05, 0.1) is 11.1 Å². The molecule has 13 heteroatoms. The minimum atomic E-state index is -4.58. The molecule has 2 aliphatic heterocycles. The molecule has 5 rings (SSSR count). The van der Waals surface area contributed by atoms with E-state index in [1.54, 1.807) is 43.7 Å². The maximum Gasteiger partial charge on any atom is 0.416 e. The molecule has 2 aliphatic rings. The van der Waals surface area contributed by atoms with Gasteiger partial charge in [-0.3, -0.25) is 20.1 Å². The average molecular weight is 605 g/mol. The fourth-order valence-electron chi connectivity index (χ4n) is 4.74. The number of amidine groups is 2. The molecule has 0 radical (unpaired) electrons. The molecule has 0 saturated carbocycles. The summed E-state index contributed by atoms with van der Waals surface area (Å²) in [6.45, 7) is 3.12. The van der Waals surface area contributed by atoms with Crippen molar-refractivity contribution in [1.29, 1.82) is 5.41 Å². The molecule has 3 N–H and O–H groups in total. The number of hydrogen-bond acceptors (Lipinski definition) is 8. The molecule has 10 nitrogen and oxygen atoms in total. The molecule has 0 spiro atoms. The van der Waals surface area contributed by atoms with Crippen LogP contribution in [0.25, 0.3) is 0 Å². The van der Waals surface area contributed by atoms with Gasteiger partial charge in [0.25, 0.3) is 5.91 Å². The lowest BCUT2D eigenvalue weighted by Gasteiger charge is -2.33. The number of piperazine rings is 1. The van der Waals surface area contributed by atoms with E-state index in [1.165, 1.54) is 30.5 Å². The Morgan fingerprint density at radius 3 is 2.57 bits per heavy atom. The van der Waals surface area contributed by atoms with Gasteiger partial charge in [0.2, 0.25) is 5.90 Å². The summed E-state index contributed by atoms with van der Waals surface area (Å²) in [5.41, 5.74) is 0.434. The number of halogens is 3. The van der Waals surface area contributed by atoms with Crippen LogP contribution in [0.2, 0.25) is 0 Å². The van der Waals surface area contributed by atoms with Gasteiger partial charge in [-0.05, 0) is 55.1 Å². The fraction of sp³-hybridized carbons (Fsp3) is 0.258. The van der Waals surface area contributed by atoms with Gasteiger partial charge in [-0.1, -0.05) is 12.1 Å².